The van der Waals surface area contributed by atoms with E-state index in [-0.39, 0.29) is 17.9 Å². The Bertz CT molecular complexity index is 2120. The van der Waals surface area contributed by atoms with Crippen LogP contribution in [0.25, 0.3) is 11.3 Å². The molecule has 5 aromatic rings. The SMILES string of the molecule is Cc1c(C(=O)N(C)c2ccccc2)cn(C)c1-c1cc2c(cc1C(=O)N1Cc3ccccc3C[C@H]1CN(C)C)CN(C(=O)Oc1ccccc1)CC2. The third-order valence-electron chi connectivity index (χ3n) is 10.3. The lowest BCUT2D eigenvalue weighted by Gasteiger charge is -2.39. The Labute approximate surface area is 305 Å². The molecule has 52 heavy (non-hydrogen) atoms. The number of aryl methyl sites for hydroxylation is 1. The number of fused-ring (bicyclic) bond motifs is 2. The Morgan fingerprint density at radius 3 is 2.17 bits per heavy atom. The topological polar surface area (TPSA) is 78.3 Å². The van der Waals surface area contributed by atoms with E-state index in [2.05, 4.69) is 29.2 Å². The first kappa shape index (κ1) is 34.8. The van der Waals surface area contributed by atoms with Crippen LogP contribution in [0.15, 0.2) is 103 Å². The summed E-state index contributed by atoms with van der Waals surface area (Å²) in [6, 6.07) is 31.1. The molecule has 0 unspecified atom stereocenters. The quantitative estimate of drug-likeness (QED) is 0.184. The Morgan fingerprint density at radius 1 is 0.788 bits per heavy atom. The summed E-state index contributed by atoms with van der Waals surface area (Å²) < 4.78 is 7.66. The zero-order chi connectivity index (χ0) is 36.5. The molecule has 3 amide bonds. The Hall–Kier alpha value is -5.67. The second kappa shape index (κ2) is 14.5. The molecular weight excluding hydrogens is 651 g/mol. The van der Waals surface area contributed by atoms with Gasteiger partial charge in [0.1, 0.15) is 5.75 Å². The number of benzene rings is 4. The molecule has 3 heterocycles. The summed E-state index contributed by atoms with van der Waals surface area (Å²) in [4.78, 5) is 49.8. The number of hydrogen-bond acceptors (Lipinski definition) is 5. The van der Waals surface area contributed by atoms with Crippen molar-refractivity contribution >= 4 is 23.6 Å². The number of hydrogen-bond donors (Lipinski definition) is 0. The molecule has 9 nitrogen and oxygen atoms in total. The number of likely N-dealkylation sites (N-methyl/N-ethyl adjacent to an activating group) is 1. The highest BCUT2D eigenvalue weighted by atomic mass is 16.6. The smallest absolute Gasteiger partial charge is 0.410 e. The second-order valence-corrected chi connectivity index (χ2v) is 14.2. The van der Waals surface area contributed by atoms with Gasteiger partial charge in [0.25, 0.3) is 11.8 Å². The Morgan fingerprint density at radius 2 is 1.46 bits per heavy atom. The van der Waals surface area contributed by atoms with Crippen LogP contribution in [-0.2, 0) is 33.0 Å². The van der Waals surface area contributed by atoms with Crippen LogP contribution >= 0.6 is 0 Å². The van der Waals surface area contributed by atoms with Gasteiger partial charge in [0, 0.05) is 69.3 Å². The number of carbonyl (C=O) groups excluding carboxylic acids is 3. The first-order valence-electron chi connectivity index (χ1n) is 17.8. The lowest BCUT2D eigenvalue weighted by molar-refractivity contribution is 0.0606. The summed E-state index contributed by atoms with van der Waals surface area (Å²) in [5.41, 5.74) is 8.74. The highest BCUT2D eigenvalue weighted by Gasteiger charge is 2.34. The molecule has 4 aromatic carbocycles. The second-order valence-electron chi connectivity index (χ2n) is 14.2. The van der Waals surface area contributed by atoms with E-state index in [1.54, 1.807) is 29.0 Å². The van der Waals surface area contributed by atoms with E-state index < -0.39 is 6.09 Å². The van der Waals surface area contributed by atoms with E-state index in [1.807, 2.05) is 104 Å². The minimum absolute atomic E-state index is 0.0372. The molecule has 2 aliphatic heterocycles. The van der Waals surface area contributed by atoms with Gasteiger partial charge in [-0.2, -0.15) is 0 Å². The van der Waals surface area contributed by atoms with E-state index in [9.17, 15) is 9.59 Å². The van der Waals surface area contributed by atoms with Gasteiger partial charge >= 0.3 is 6.09 Å². The van der Waals surface area contributed by atoms with Crippen LogP contribution in [-0.4, -0.2) is 77.4 Å². The molecule has 7 rings (SSSR count). The third-order valence-corrected chi connectivity index (χ3v) is 10.3. The summed E-state index contributed by atoms with van der Waals surface area (Å²) >= 11 is 0. The van der Waals surface area contributed by atoms with E-state index in [4.69, 9.17) is 4.74 Å². The molecule has 0 spiro atoms. The van der Waals surface area contributed by atoms with Gasteiger partial charge in [-0.1, -0.05) is 60.7 Å². The van der Waals surface area contributed by atoms with Gasteiger partial charge in [-0.05, 0) is 98.1 Å². The molecule has 0 bridgehead atoms. The van der Waals surface area contributed by atoms with Crippen molar-refractivity contribution in [1.29, 1.82) is 0 Å². The number of carbonyl (C=O) groups is 3. The molecule has 266 valence electrons. The number of aromatic nitrogens is 1. The summed E-state index contributed by atoms with van der Waals surface area (Å²) in [7, 11) is 7.79. The highest BCUT2D eigenvalue weighted by Crippen LogP contribution is 2.37. The lowest BCUT2D eigenvalue weighted by atomic mass is 9.88. The summed E-state index contributed by atoms with van der Waals surface area (Å²) in [6.45, 7) is 3.98. The largest absolute Gasteiger partial charge is 0.415 e. The van der Waals surface area contributed by atoms with Crippen LogP contribution < -0.4 is 9.64 Å². The number of ether oxygens (including phenoxy) is 1. The fourth-order valence-electron chi connectivity index (χ4n) is 7.66. The van der Waals surface area contributed by atoms with Gasteiger partial charge in [0.15, 0.2) is 0 Å². The van der Waals surface area contributed by atoms with Crippen LogP contribution in [0.1, 0.15) is 48.5 Å². The van der Waals surface area contributed by atoms with Crippen molar-refractivity contribution in [2.75, 3.05) is 39.1 Å². The van der Waals surface area contributed by atoms with E-state index >= 15 is 4.79 Å². The minimum atomic E-state index is -0.420. The zero-order valence-corrected chi connectivity index (χ0v) is 30.5. The van der Waals surface area contributed by atoms with Crippen molar-refractivity contribution in [2.45, 2.75) is 38.9 Å². The van der Waals surface area contributed by atoms with Crippen LogP contribution in [0, 0.1) is 6.92 Å². The predicted molar refractivity (Wildman–Crippen MR) is 204 cm³/mol. The van der Waals surface area contributed by atoms with E-state index in [0.717, 1.165) is 45.6 Å². The van der Waals surface area contributed by atoms with Crippen LogP contribution in [0.4, 0.5) is 10.5 Å². The van der Waals surface area contributed by atoms with Gasteiger partial charge in [-0.15, -0.1) is 0 Å². The molecule has 0 fully saturated rings. The van der Waals surface area contributed by atoms with Crippen LogP contribution in [0.2, 0.25) is 0 Å². The molecule has 0 aliphatic carbocycles. The van der Waals surface area contributed by atoms with Crippen LogP contribution in [0.5, 0.6) is 5.75 Å². The summed E-state index contributed by atoms with van der Waals surface area (Å²) in [5.74, 6) is 0.296. The van der Waals surface area contributed by atoms with Gasteiger partial charge in [0.2, 0.25) is 0 Å². The van der Waals surface area contributed by atoms with Gasteiger partial charge in [-0.25, -0.2) is 4.79 Å². The molecular formula is C43H45N5O4. The molecule has 0 N–H and O–H groups in total. The number of anilines is 1. The van der Waals surface area contributed by atoms with Gasteiger partial charge in [-0.3, -0.25) is 9.59 Å². The fourth-order valence-corrected chi connectivity index (χ4v) is 7.66. The summed E-state index contributed by atoms with van der Waals surface area (Å²) in [6.07, 6.45) is 2.81. The van der Waals surface area contributed by atoms with E-state index in [0.29, 0.717) is 49.5 Å². The maximum atomic E-state index is 15.1. The van der Waals surface area contributed by atoms with Crippen molar-refractivity contribution in [3.63, 3.8) is 0 Å². The zero-order valence-electron chi connectivity index (χ0n) is 30.5. The number of rotatable bonds is 7. The monoisotopic (exact) mass is 695 g/mol. The van der Waals surface area contributed by atoms with Crippen LogP contribution in [0.3, 0.4) is 0 Å². The molecule has 1 aromatic heterocycles. The Kier molecular flexibility index (Phi) is 9.71. The molecule has 0 saturated heterocycles. The van der Waals surface area contributed by atoms with Crippen molar-refractivity contribution in [2.24, 2.45) is 7.05 Å². The first-order valence-corrected chi connectivity index (χ1v) is 17.8. The van der Waals surface area contributed by atoms with Crippen molar-refractivity contribution in [3.8, 4) is 17.0 Å². The maximum absolute atomic E-state index is 15.1. The highest BCUT2D eigenvalue weighted by molar-refractivity contribution is 6.09. The fraction of sp³-hybridized carbons (Fsp3) is 0.279. The third kappa shape index (κ3) is 6.84. The number of para-hydroxylation sites is 2. The molecule has 2 aliphatic rings. The van der Waals surface area contributed by atoms with Crippen molar-refractivity contribution in [3.05, 3.63) is 142 Å². The maximum Gasteiger partial charge on any atom is 0.415 e. The normalized spacial score (nSPS) is 15.2. The molecule has 0 radical (unpaired) electrons. The molecule has 9 heteroatoms. The molecule has 0 saturated carbocycles. The Balaban J connectivity index is 1.30. The van der Waals surface area contributed by atoms with Gasteiger partial charge in [0.05, 0.1) is 11.3 Å². The average molecular weight is 696 g/mol. The number of amides is 3. The van der Waals surface area contributed by atoms with Crippen molar-refractivity contribution in [1.82, 2.24) is 19.3 Å². The lowest BCUT2D eigenvalue weighted by Crippen LogP contribution is -2.49. The van der Waals surface area contributed by atoms with E-state index in [1.165, 1.54) is 5.56 Å². The summed E-state index contributed by atoms with van der Waals surface area (Å²) in [5, 5.41) is 0. The standard InChI is InChI=1S/C43H45N5O4/c1-29-39(41(49)46(5)34-16-8-6-9-17-34)28-45(4)40(29)37-23-31-20-21-47(43(51)52-36-18-10-7-11-19-36)25-33(31)24-38(37)42(50)48-26-32-15-13-12-14-30(32)22-35(48)27-44(2)3/h6-19,23-24,28,35H,20-22,25-27H2,1-5H3/t35-/m0/s1. The van der Waals surface area contributed by atoms with Crippen molar-refractivity contribution < 1.29 is 19.1 Å². The van der Waals surface area contributed by atoms with Gasteiger partial charge < -0.3 is 28.9 Å². The first-order chi connectivity index (χ1) is 25.1. The molecule has 1 atom stereocenters. The predicted octanol–water partition coefficient (Wildman–Crippen LogP) is 6.96. The average Bonchev–Trinajstić information content (AvgIpc) is 3.46. The minimum Gasteiger partial charge on any atom is -0.410 e. The number of nitrogens with zero attached hydrogens (tertiary/aromatic N) is 5.